The van der Waals surface area contributed by atoms with Crippen LogP contribution in [0, 0.1) is 13.8 Å². The fraction of sp³-hybridized carbons (Fsp3) is 0.679. The molecule has 1 unspecified atom stereocenters. The summed E-state index contributed by atoms with van der Waals surface area (Å²) < 4.78 is 5.31. The molecule has 0 aromatic heterocycles. The maximum atomic E-state index is 13.9. The van der Waals surface area contributed by atoms with E-state index in [1.54, 1.807) is 25.7 Å². The van der Waals surface area contributed by atoms with Crippen LogP contribution in [0.4, 0.5) is 4.79 Å². The highest BCUT2D eigenvalue weighted by Gasteiger charge is 2.41. The van der Waals surface area contributed by atoms with Gasteiger partial charge in [0.25, 0.3) is 0 Å². The van der Waals surface area contributed by atoms with Gasteiger partial charge in [0.05, 0.1) is 0 Å². The predicted molar refractivity (Wildman–Crippen MR) is 139 cm³/mol. The molecule has 3 amide bonds. The molecule has 0 heterocycles. The van der Waals surface area contributed by atoms with Gasteiger partial charge in [-0.3, -0.25) is 9.59 Å². The molecule has 2 N–H and O–H groups in total. The number of hydrogen-bond donors (Lipinski definition) is 2. The lowest BCUT2D eigenvalue weighted by Crippen LogP contribution is -2.57. The standard InChI is InChI=1S/C28H45N3O4/c1-9-28(7,8)31(22(32)18-29-26(34)35-27(4,5)6)24(23-19(2)14-13-15-20(23)3)25(33)30-21-16-11-10-12-17-21/h13-15,21,24H,9-12,16-18H2,1-8H3,(H,29,34)(H,30,33). The summed E-state index contributed by atoms with van der Waals surface area (Å²) in [6.45, 7) is 14.9. The van der Waals surface area contributed by atoms with Crippen LogP contribution in [0.2, 0.25) is 0 Å². The summed E-state index contributed by atoms with van der Waals surface area (Å²) in [6.07, 6.45) is 5.28. The van der Waals surface area contributed by atoms with Gasteiger partial charge in [-0.05, 0) is 84.4 Å². The van der Waals surface area contributed by atoms with Gasteiger partial charge in [-0.2, -0.15) is 0 Å². The molecule has 0 radical (unpaired) electrons. The van der Waals surface area contributed by atoms with Gasteiger partial charge in [0.15, 0.2) is 0 Å². The van der Waals surface area contributed by atoms with Gasteiger partial charge in [0, 0.05) is 11.6 Å². The second kappa shape index (κ2) is 11.9. The zero-order chi connectivity index (χ0) is 26.4. The van der Waals surface area contributed by atoms with Gasteiger partial charge in [-0.25, -0.2) is 4.79 Å². The second-order valence-electron chi connectivity index (χ2n) is 11.3. The van der Waals surface area contributed by atoms with Crippen LogP contribution in [-0.4, -0.2) is 46.5 Å². The molecular weight excluding hydrogens is 442 g/mol. The number of nitrogens with one attached hydrogen (secondary N) is 2. The normalized spacial score (nSPS) is 15.8. The fourth-order valence-corrected chi connectivity index (χ4v) is 4.71. The molecule has 2 rings (SSSR count). The smallest absolute Gasteiger partial charge is 0.408 e. The van der Waals surface area contributed by atoms with Gasteiger partial charge >= 0.3 is 6.09 Å². The van der Waals surface area contributed by atoms with E-state index in [0.717, 1.165) is 42.4 Å². The molecule has 1 aromatic rings. The van der Waals surface area contributed by atoms with Gasteiger partial charge < -0.3 is 20.3 Å². The van der Waals surface area contributed by atoms with Crippen molar-refractivity contribution in [3.05, 3.63) is 34.9 Å². The summed E-state index contributed by atoms with van der Waals surface area (Å²) >= 11 is 0. The van der Waals surface area contributed by atoms with E-state index in [0.29, 0.717) is 6.42 Å². The highest BCUT2D eigenvalue weighted by atomic mass is 16.6. The predicted octanol–water partition coefficient (Wildman–Crippen LogP) is 5.34. The summed E-state index contributed by atoms with van der Waals surface area (Å²) in [7, 11) is 0. The lowest BCUT2D eigenvalue weighted by molar-refractivity contribution is -0.147. The van der Waals surface area contributed by atoms with Crippen molar-refractivity contribution in [2.24, 2.45) is 0 Å². The van der Waals surface area contributed by atoms with Crippen molar-refractivity contribution in [2.75, 3.05) is 6.54 Å². The van der Waals surface area contributed by atoms with Crippen LogP contribution in [0.25, 0.3) is 0 Å². The molecule has 7 heteroatoms. The molecule has 0 aliphatic heterocycles. The summed E-state index contributed by atoms with van der Waals surface area (Å²) in [5.74, 6) is -0.490. The summed E-state index contributed by atoms with van der Waals surface area (Å²) in [5.41, 5.74) is 1.46. The molecule has 1 aliphatic carbocycles. The lowest BCUT2D eigenvalue weighted by Gasteiger charge is -2.44. The Kier molecular flexibility index (Phi) is 9.76. The highest BCUT2D eigenvalue weighted by molar-refractivity contribution is 5.91. The first kappa shape index (κ1) is 28.7. The maximum absolute atomic E-state index is 13.9. The molecule has 1 aromatic carbocycles. The zero-order valence-corrected chi connectivity index (χ0v) is 22.9. The average Bonchev–Trinajstić information content (AvgIpc) is 2.76. The Balaban J connectivity index is 2.46. The van der Waals surface area contributed by atoms with Crippen molar-refractivity contribution in [1.29, 1.82) is 0 Å². The van der Waals surface area contributed by atoms with Crippen LogP contribution in [0.3, 0.4) is 0 Å². The first-order valence-electron chi connectivity index (χ1n) is 12.9. The summed E-state index contributed by atoms with van der Waals surface area (Å²) in [5, 5.41) is 5.84. The van der Waals surface area contributed by atoms with Crippen LogP contribution in [0.1, 0.15) is 103 Å². The first-order chi connectivity index (χ1) is 16.3. The molecule has 1 saturated carbocycles. The quantitative estimate of drug-likeness (QED) is 0.518. The van der Waals surface area contributed by atoms with Gasteiger partial charge in [-0.15, -0.1) is 0 Å². The number of alkyl carbamates (subject to hydrolysis) is 1. The van der Waals surface area contributed by atoms with Gasteiger partial charge in [0.1, 0.15) is 18.2 Å². The molecule has 0 bridgehead atoms. The topological polar surface area (TPSA) is 87.7 Å². The van der Waals surface area contributed by atoms with Crippen molar-refractivity contribution < 1.29 is 19.1 Å². The van der Waals surface area contributed by atoms with Crippen LogP contribution >= 0.6 is 0 Å². The Bertz CT molecular complexity index is 878. The van der Waals surface area contributed by atoms with Crippen LogP contribution in [0.5, 0.6) is 0 Å². The van der Waals surface area contributed by atoms with E-state index < -0.39 is 23.3 Å². The number of benzene rings is 1. The minimum absolute atomic E-state index is 0.115. The van der Waals surface area contributed by atoms with E-state index in [4.69, 9.17) is 4.74 Å². The zero-order valence-electron chi connectivity index (χ0n) is 22.9. The fourth-order valence-electron chi connectivity index (χ4n) is 4.71. The maximum Gasteiger partial charge on any atom is 0.408 e. The summed E-state index contributed by atoms with van der Waals surface area (Å²) in [4.78, 5) is 41.6. The average molecular weight is 488 g/mol. The second-order valence-corrected chi connectivity index (χ2v) is 11.3. The Labute approximate surface area is 211 Å². The molecule has 35 heavy (non-hydrogen) atoms. The number of ether oxygens (including phenoxy) is 1. The Morgan fingerprint density at radius 3 is 2.11 bits per heavy atom. The molecule has 7 nitrogen and oxygen atoms in total. The molecular formula is C28H45N3O4. The number of hydrogen-bond acceptors (Lipinski definition) is 4. The van der Waals surface area contributed by atoms with Crippen molar-refractivity contribution in [2.45, 2.75) is 117 Å². The lowest BCUT2D eigenvalue weighted by atomic mass is 9.88. The third-order valence-electron chi connectivity index (χ3n) is 6.84. The van der Waals surface area contributed by atoms with Crippen molar-refractivity contribution in [3.8, 4) is 0 Å². The molecule has 0 saturated heterocycles. The van der Waals surface area contributed by atoms with E-state index in [1.807, 2.05) is 52.8 Å². The molecule has 196 valence electrons. The van der Waals surface area contributed by atoms with E-state index in [2.05, 4.69) is 10.6 Å². The number of carbonyl (C=O) groups is 3. The molecule has 1 atom stereocenters. The van der Waals surface area contributed by atoms with Crippen LogP contribution in [0.15, 0.2) is 18.2 Å². The van der Waals surface area contributed by atoms with Gasteiger partial charge in [-0.1, -0.05) is 44.4 Å². The minimum Gasteiger partial charge on any atom is -0.444 e. The van der Waals surface area contributed by atoms with Crippen molar-refractivity contribution in [1.82, 2.24) is 15.5 Å². The van der Waals surface area contributed by atoms with Crippen LogP contribution in [-0.2, 0) is 14.3 Å². The Morgan fingerprint density at radius 2 is 1.60 bits per heavy atom. The number of rotatable bonds is 8. The number of carbonyl (C=O) groups excluding carboxylic acids is 3. The third kappa shape index (κ3) is 7.97. The number of nitrogens with zero attached hydrogens (tertiary/aromatic N) is 1. The van der Waals surface area contributed by atoms with Gasteiger partial charge in [0.2, 0.25) is 11.8 Å². The number of aryl methyl sites for hydroxylation is 2. The Hall–Kier alpha value is -2.57. The molecule has 1 aliphatic rings. The van der Waals surface area contributed by atoms with Crippen LogP contribution < -0.4 is 10.6 Å². The molecule has 1 fully saturated rings. The highest BCUT2D eigenvalue weighted by Crippen LogP contribution is 2.35. The van der Waals surface area contributed by atoms with Crippen molar-refractivity contribution >= 4 is 17.9 Å². The first-order valence-corrected chi connectivity index (χ1v) is 12.9. The number of amides is 3. The largest absolute Gasteiger partial charge is 0.444 e. The van der Waals surface area contributed by atoms with E-state index >= 15 is 0 Å². The molecule has 0 spiro atoms. The summed E-state index contributed by atoms with van der Waals surface area (Å²) in [6, 6.07) is 5.23. The monoisotopic (exact) mass is 487 g/mol. The van der Waals surface area contributed by atoms with E-state index in [9.17, 15) is 14.4 Å². The third-order valence-corrected chi connectivity index (χ3v) is 6.84. The Morgan fingerprint density at radius 1 is 1.03 bits per heavy atom. The SMILES string of the molecule is CCC(C)(C)N(C(=O)CNC(=O)OC(C)(C)C)C(C(=O)NC1CCCCC1)c1c(C)cccc1C. The minimum atomic E-state index is -0.805. The van der Waals surface area contributed by atoms with Crippen molar-refractivity contribution in [3.63, 3.8) is 0 Å². The van der Waals surface area contributed by atoms with E-state index in [-0.39, 0.29) is 24.4 Å². The van der Waals surface area contributed by atoms with E-state index in [1.165, 1.54) is 6.42 Å².